The summed E-state index contributed by atoms with van der Waals surface area (Å²) in [6, 6.07) is 4.21. The van der Waals surface area contributed by atoms with Gasteiger partial charge in [0.2, 0.25) is 5.91 Å². The SMILES string of the molecule is CNc1c(F)cccc1C(=O)NCC(=O)NCC(C)C. The van der Waals surface area contributed by atoms with Crippen LogP contribution < -0.4 is 16.0 Å². The van der Waals surface area contributed by atoms with E-state index in [2.05, 4.69) is 16.0 Å². The summed E-state index contributed by atoms with van der Waals surface area (Å²) in [5.74, 6) is -0.929. The summed E-state index contributed by atoms with van der Waals surface area (Å²) in [5, 5.41) is 7.79. The van der Waals surface area contributed by atoms with Crippen LogP contribution in [0.2, 0.25) is 0 Å². The van der Waals surface area contributed by atoms with E-state index in [-0.39, 0.29) is 23.7 Å². The highest BCUT2D eigenvalue weighted by molar-refractivity contribution is 6.01. The van der Waals surface area contributed by atoms with Crippen molar-refractivity contribution >= 4 is 17.5 Å². The highest BCUT2D eigenvalue weighted by Gasteiger charge is 2.14. The fourth-order valence-electron chi connectivity index (χ4n) is 1.60. The van der Waals surface area contributed by atoms with Crippen LogP contribution in [0, 0.1) is 11.7 Å². The molecule has 5 nitrogen and oxygen atoms in total. The van der Waals surface area contributed by atoms with Crippen molar-refractivity contribution in [3.8, 4) is 0 Å². The van der Waals surface area contributed by atoms with Crippen molar-refractivity contribution in [3.05, 3.63) is 29.6 Å². The van der Waals surface area contributed by atoms with E-state index in [0.717, 1.165) is 0 Å². The van der Waals surface area contributed by atoms with Crippen molar-refractivity contribution in [3.63, 3.8) is 0 Å². The van der Waals surface area contributed by atoms with Gasteiger partial charge in [-0.3, -0.25) is 9.59 Å². The van der Waals surface area contributed by atoms with Crippen LogP contribution in [0.3, 0.4) is 0 Å². The van der Waals surface area contributed by atoms with Crippen molar-refractivity contribution < 1.29 is 14.0 Å². The maximum Gasteiger partial charge on any atom is 0.253 e. The molecule has 0 bridgehead atoms. The van der Waals surface area contributed by atoms with Gasteiger partial charge in [-0.2, -0.15) is 0 Å². The quantitative estimate of drug-likeness (QED) is 0.737. The molecule has 1 rings (SSSR count). The second kappa shape index (κ2) is 7.47. The van der Waals surface area contributed by atoms with E-state index in [9.17, 15) is 14.0 Å². The van der Waals surface area contributed by atoms with Gasteiger partial charge in [0, 0.05) is 13.6 Å². The van der Waals surface area contributed by atoms with E-state index in [4.69, 9.17) is 0 Å². The number of halogens is 1. The van der Waals surface area contributed by atoms with Crippen LogP contribution in [-0.4, -0.2) is 32.0 Å². The van der Waals surface area contributed by atoms with E-state index in [1.54, 1.807) is 0 Å². The Labute approximate surface area is 117 Å². The molecular weight excluding hydrogens is 261 g/mol. The lowest BCUT2D eigenvalue weighted by Gasteiger charge is -2.11. The molecule has 0 fully saturated rings. The van der Waals surface area contributed by atoms with Gasteiger partial charge < -0.3 is 16.0 Å². The van der Waals surface area contributed by atoms with Gasteiger partial charge in [-0.15, -0.1) is 0 Å². The molecule has 6 heteroatoms. The third-order valence-electron chi connectivity index (χ3n) is 2.63. The first-order valence-corrected chi connectivity index (χ1v) is 6.46. The lowest BCUT2D eigenvalue weighted by molar-refractivity contribution is -0.120. The number of carbonyl (C=O) groups is 2. The molecule has 0 aliphatic carbocycles. The van der Waals surface area contributed by atoms with Crippen molar-refractivity contribution in [1.29, 1.82) is 0 Å². The average Bonchev–Trinajstić information content (AvgIpc) is 2.42. The van der Waals surface area contributed by atoms with Crippen molar-refractivity contribution in [2.75, 3.05) is 25.5 Å². The number of benzene rings is 1. The molecular formula is C14H20FN3O2. The van der Waals surface area contributed by atoms with Gasteiger partial charge in [0.1, 0.15) is 5.82 Å². The molecule has 0 spiro atoms. The predicted octanol–water partition coefficient (Wildman–Crippen LogP) is 1.37. The summed E-state index contributed by atoms with van der Waals surface area (Å²) in [5.41, 5.74) is 0.289. The second-order valence-corrected chi connectivity index (χ2v) is 4.79. The first-order chi connectivity index (χ1) is 9.45. The molecule has 0 unspecified atom stereocenters. The van der Waals surface area contributed by atoms with Crippen LogP contribution in [0.25, 0.3) is 0 Å². The minimum atomic E-state index is -0.510. The highest BCUT2D eigenvalue weighted by atomic mass is 19.1. The molecule has 110 valence electrons. The van der Waals surface area contributed by atoms with Gasteiger partial charge in [0.15, 0.2) is 0 Å². The van der Waals surface area contributed by atoms with Crippen LogP contribution in [0.15, 0.2) is 18.2 Å². The zero-order valence-corrected chi connectivity index (χ0v) is 11.9. The summed E-state index contributed by atoms with van der Waals surface area (Å²) in [4.78, 5) is 23.4. The molecule has 0 heterocycles. The molecule has 3 N–H and O–H groups in total. The van der Waals surface area contributed by atoms with Gasteiger partial charge in [-0.1, -0.05) is 19.9 Å². The Balaban J connectivity index is 2.59. The zero-order valence-electron chi connectivity index (χ0n) is 11.9. The van der Waals surface area contributed by atoms with Crippen LogP contribution in [0.1, 0.15) is 24.2 Å². The number of amides is 2. The maximum atomic E-state index is 13.5. The Morgan fingerprint density at radius 3 is 2.55 bits per heavy atom. The van der Waals surface area contributed by atoms with Gasteiger partial charge in [-0.05, 0) is 18.1 Å². The Bertz CT molecular complexity index is 489. The van der Waals surface area contributed by atoms with E-state index >= 15 is 0 Å². The van der Waals surface area contributed by atoms with Crippen LogP contribution >= 0.6 is 0 Å². The lowest BCUT2D eigenvalue weighted by atomic mass is 10.1. The summed E-state index contributed by atoms with van der Waals surface area (Å²) >= 11 is 0. The monoisotopic (exact) mass is 281 g/mol. The lowest BCUT2D eigenvalue weighted by Crippen LogP contribution is -2.38. The predicted molar refractivity (Wildman–Crippen MR) is 76.1 cm³/mol. The smallest absolute Gasteiger partial charge is 0.253 e. The molecule has 20 heavy (non-hydrogen) atoms. The average molecular weight is 281 g/mol. The minimum absolute atomic E-state index is 0.118. The normalized spacial score (nSPS) is 10.2. The number of para-hydroxylation sites is 1. The summed E-state index contributed by atoms with van der Waals surface area (Å²) in [7, 11) is 1.53. The Kier molecular flexibility index (Phi) is 5.96. The van der Waals surface area contributed by atoms with Crippen LogP contribution in [0.4, 0.5) is 10.1 Å². The fourth-order valence-corrected chi connectivity index (χ4v) is 1.60. The fraction of sp³-hybridized carbons (Fsp3) is 0.429. The minimum Gasteiger partial charge on any atom is -0.385 e. The third-order valence-corrected chi connectivity index (χ3v) is 2.63. The Morgan fingerprint density at radius 2 is 1.95 bits per heavy atom. The maximum absolute atomic E-state index is 13.5. The Morgan fingerprint density at radius 1 is 1.25 bits per heavy atom. The molecule has 2 amide bonds. The first kappa shape index (κ1) is 15.9. The van der Waals surface area contributed by atoms with Gasteiger partial charge >= 0.3 is 0 Å². The van der Waals surface area contributed by atoms with E-state index in [1.807, 2.05) is 13.8 Å². The first-order valence-electron chi connectivity index (χ1n) is 6.46. The van der Waals surface area contributed by atoms with Gasteiger partial charge in [0.05, 0.1) is 17.8 Å². The van der Waals surface area contributed by atoms with Crippen molar-refractivity contribution in [1.82, 2.24) is 10.6 Å². The highest BCUT2D eigenvalue weighted by Crippen LogP contribution is 2.18. The molecule has 1 aromatic carbocycles. The standard InChI is InChI=1S/C14H20FN3O2/c1-9(2)7-17-12(19)8-18-14(20)10-5-4-6-11(15)13(10)16-3/h4-6,9,16H,7-8H2,1-3H3,(H,17,19)(H,18,20). The van der Waals surface area contributed by atoms with E-state index < -0.39 is 11.7 Å². The largest absolute Gasteiger partial charge is 0.385 e. The number of hydrogen-bond donors (Lipinski definition) is 3. The topological polar surface area (TPSA) is 70.2 Å². The summed E-state index contributed by atoms with van der Waals surface area (Å²) in [6.07, 6.45) is 0. The molecule has 1 aromatic rings. The third kappa shape index (κ3) is 4.53. The summed E-state index contributed by atoms with van der Waals surface area (Å²) < 4.78 is 13.5. The number of carbonyl (C=O) groups excluding carboxylic acids is 2. The van der Waals surface area contributed by atoms with Gasteiger partial charge in [-0.25, -0.2) is 4.39 Å². The van der Waals surface area contributed by atoms with E-state index in [1.165, 1.54) is 25.2 Å². The number of rotatable bonds is 6. The van der Waals surface area contributed by atoms with Crippen LogP contribution in [-0.2, 0) is 4.79 Å². The number of hydrogen-bond acceptors (Lipinski definition) is 3. The molecule has 0 aliphatic heterocycles. The molecule has 0 saturated heterocycles. The van der Waals surface area contributed by atoms with Crippen molar-refractivity contribution in [2.45, 2.75) is 13.8 Å². The summed E-state index contributed by atoms with van der Waals surface area (Å²) in [6.45, 7) is 4.37. The van der Waals surface area contributed by atoms with Gasteiger partial charge in [0.25, 0.3) is 5.91 Å². The van der Waals surface area contributed by atoms with E-state index in [0.29, 0.717) is 12.5 Å². The molecule has 0 saturated carbocycles. The number of nitrogens with one attached hydrogen (secondary N) is 3. The van der Waals surface area contributed by atoms with Crippen LogP contribution in [0.5, 0.6) is 0 Å². The molecule has 0 atom stereocenters. The molecule has 0 aromatic heterocycles. The van der Waals surface area contributed by atoms with Crippen molar-refractivity contribution in [2.24, 2.45) is 5.92 Å². The zero-order chi connectivity index (χ0) is 15.1. The number of anilines is 1. The second-order valence-electron chi connectivity index (χ2n) is 4.79. The molecule has 0 radical (unpaired) electrons. The molecule has 0 aliphatic rings. The Hall–Kier alpha value is -2.11.